The van der Waals surface area contributed by atoms with Crippen molar-refractivity contribution < 1.29 is 9.47 Å². The predicted octanol–water partition coefficient (Wildman–Crippen LogP) is 2.93. The van der Waals surface area contributed by atoms with E-state index < -0.39 is 0 Å². The van der Waals surface area contributed by atoms with Crippen LogP contribution in [0.5, 0.6) is 5.75 Å². The summed E-state index contributed by atoms with van der Waals surface area (Å²) < 4.78 is 10.8. The monoisotopic (exact) mass is 239 g/mol. The maximum Gasteiger partial charge on any atom is 0.180 e. The van der Waals surface area contributed by atoms with Crippen LogP contribution in [-0.4, -0.2) is 25.2 Å². The van der Waals surface area contributed by atoms with Crippen LogP contribution in [0.15, 0.2) is 29.3 Å². The fourth-order valence-electron chi connectivity index (χ4n) is 1.54. The minimum atomic E-state index is 0.243. The molecule has 0 aliphatic carbocycles. The number of ether oxygens (including phenoxy) is 2. The fraction of sp³-hybridized carbons (Fsp3) is 0.417. The van der Waals surface area contributed by atoms with Gasteiger partial charge < -0.3 is 9.47 Å². The largest absolute Gasteiger partial charge is 0.494 e. The zero-order valence-corrected chi connectivity index (χ0v) is 9.91. The molecule has 0 aromatic heterocycles. The molecule has 0 saturated heterocycles. The summed E-state index contributed by atoms with van der Waals surface area (Å²) in [5.41, 5.74) is 0. The first-order valence-corrected chi connectivity index (χ1v) is 5.67. The first kappa shape index (κ1) is 11.3. The third kappa shape index (κ3) is 3.14. The van der Waals surface area contributed by atoms with Crippen LogP contribution >= 0.6 is 11.6 Å². The van der Waals surface area contributed by atoms with Crippen LogP contribution in [0.1, 0.15) is 13.3 Å². The zero-order chi connectivity index (χ0) is 11.4. The summed E-state index contributed by atoms with van der Waals surface area (Å²) in [5, 5.41) is 0.719. The first-order valence-electron chi connectivity index (χ1n) is 5.29. The van der Waals surface area contributed by atoms with Crippen LogP contribution in [-0.2, 0) is 4.74 Å². The molecule has 1 heterocycles. The van der Waals surface area contributed by atoms with Crippen molar-refractivity contribution in [3.8, 4) is 5.75 Å². The fourth-order valence-corrected chi connectivity index (χ4v) is 1.67. The van der Waals surface area contributed by atoms with Crippen molar-refractivity contribution in [2.24, 2.45) is 4.99 Å². The second-order valence-corrected chi connectivity index (χ2v) is 4.14. The van der Waals surface area contributed by atoms with Gasteiger partial charge in [0.15, 0.2) is 5.90 Å². The highest BCUT2D eigenvalue weighted by Gasteiger charge is 2.15. The van der Waals surface area contributed by atoms with E-state index in [0.29, 0.717) is 13.2 Å². The van der Waals surface area contributed by atoms with Crippen molar-refractivity contribution >= 4 is 17.5 Å². The van der Waals surface area contributed by atoms with Crippen molar-refractivity contribution in [2.75, 3.05) is 13.2 Å². The van der Waals surface area contributed by atoms with Gasteiger partial charge in [0.05, 0.1) is 12.6 Å². The molecule has 1 aromatic carbocycles. The van der Waals surface area contributed by atoms with Crippen molar-refractivity contribution in [3.63, 3.8) is 0 Å². The molecule has 1 atom stereocenters. The number of hydrogen-bond acceptors (Lipinski definition) is 3. The van der Waals surface area contributed by atoms with Crippen molar-refractivity contribution in [2.45, 2.75) is 19.4 Å². The molecule has 1 aromatic rings. The summed E-state index contributed by atoms with van der Waals surface area (Å²) in [6.45, 7) is 3.20. The van der Waals surface area contributed by atoms with Gasteiger partial charge in [-0.15, -0.1) is 0 Å². The molecule has 0 spiro atoms. The number of nitrogens with zero attached hydrogens (tertiary/aromatic N) is 1. The lowest BCUT2D eigenvalue weighted by Crippen LogP contribution is -2.11. The molecule has 2 rings (SSSR count). The van der Waals surface area contributed by atoms with Crippen LogP contribution in [0.2, 0.25) is 5.02 Å². The molecule has 0 N–H and O–H groups in total. The molecule has 86 valence electrons. The molecule has 16 heavy (non-hydrogen) atoms. The van der Waals surface area contributed by atoms with Gasteiger partial charge in [0.25, 0.3) is 0 Å². The van der Waals surface area contributed by atoms with Crippen LogP contribution in [0.3, 0.4) is 0 Å². The van der Waals surface area contributed by atoms with Gasteiger partial charge >= 0.3 is 0 Å². The third-order valence-corrected chi connectivity index (χ3v) is 2.63. The predicted molar refractivity (Wildman–Crippen MR) is 64.4 cm³/mol. The maximum atomic E-state index is 5.78. The van der Waals surface area contributed by atoms with Crippen LogP contribution in [0.4, 0.5) is 0 Å². The smallest absolute Gasteiger partial charge is 0.180 e. The molecule has 4 heteroatoms. The highest BCUT2D eigenvalue weighted by atomic mass is 35.5. The molecule has 0 saturated carbocycles. The van der Waals surface area contributed by atoms with Gasteiger partial charge in [0.2, 0.25) is 0 Å². The first-order chi connectivity index (χ1) is 7.74. The molecule has 0 radical (unpaired) electrons. The lowest BCUT2D eigenvalue weighted by atomic mass is 10.2. The van der Waals surface area contributed by atoms with E-state index in [2.05, 4.69) is 4.99 Å². The van der Waals surface area contributed by atoms with Crippen molar-refractivity contribution in [1.29, 1.82) is 0 Å². The van der Waals surface area contributed by atoms with Crippen LogP contribution in [0.25, 0.3) is 0 Å². The Kier molecular flexibility index (Phi) is 3.67. The molecule has 1 aliphatic heterocycles. The van der Waals surface area contributed by atoms with Crippen molar-refractivity contribution in [1.82, 2.24) is 0 Å². The Labute approximate surface area is 100 Å². The van der Waals surface area contributed by atoms with Gasteiger partial charge in [-0.1, -0.05) is 11.6 Å². The van der Waals surface area contributed by atoms with E-state index in [0.717, 1.165) is 23.1 Å². The Balaban J connectivity index is 1.74. The zero-order valence-electron chi connectivity index (χ0n) is 9.15. The maximum absolute atomic E-state index is 5.78. The lowest BCUT2D eigenvalue weighted by Gasteiger charge is -2.07. The van der Waals surface area contributed by atoms with Gasteiger partial charge in [-0.2, -0.15) is 0 Å². The van der Waals surface area contributed by atoms with E-state index in [1.165, 1.54) is 0 Å². The number of aliphatic imine (C=N–C) groups is 1. The molecule has 1 aliphatic rings. The number of benzene rings is 1. The lowest BCUT2D eigenvalue weighted by molar-refractivity contribution is 0.264. The molecular formula is C12H14ClNO2. The average molecular weight is 240 g/mol. The highest BCUT2D eigenvalue weighted by Crippen LogP contribution is 2.16. The van der Waals surface area contributed by atoms with E-state index in [1.807, 2.05) is 31.2 Å². The van der Waals surface area contributed by atoms with Crippen LogP contribution < -0.4 is 4.74 Å². The van der Waals surface area contributed by atoms with Crippen LogP contribution in [0, 0.1) is 0 Å². The summed E-state index contributed by atoms with van der Waals surface area (Å²) in [7, 11) is 0. The van der Waals surface area contributed by atoms with E-state index >= 15 is 0 Å². The molecule has 0 fully saturated rings. The second-order valence-electron chi connectivity index (χ2n) is 3.70. The van der Waals surface area contributed by atoms with Gasteiger partial charge in [0.1, 0.15) is 12.4 Å². The summed E-state index contributed by atoms with van der Waals surface area (Å²) in [6.07, 6.45) is 0.875. The summed E-state index contributed by atoms with van der Waals surface area (Å²) in [4.78, 5) is 4.33. The van der Waals surface area contributed by atoms with Gasteiger partial charge in [-0.05, 0) is 24.3 Å². The second kappa shape index (κ2) is 5.21. The summed E-state index contributed by atoms with van der Waals surface area (Å²) in [5.74, 6) is 1.61. The summed E-state index contributed by atoms with van der Waals surface area (Å²) >= 11 is 5.78. The standard InChI is InChI=1S/C12H14ClNO2/c1-9-14-11(8-16-9)6-7-15-12-4-2-10(13)3-5-12/h2-5,11H,6-8H2,1H3. The Bertz CT molecular complexity index is 375. The Morgan fingerprint density at radius 1 is 1.44 bits per heavy atom. The SMILES string of the molecule is CC1=NC(CCOc2ccc(Cl)cc2)CO1. The molecule has 3 nitrogen and oxygen atoms in total. The number of halogens is 1. The van der Waals surface area contributed by atoms with E-state index in [4.69, 9.17) is 21.1 Å². The molecule has 0 bridgehead atoms. The van der Waals surface area contributed by atoms with Gasteiger partial charge in [0, 0.05) is 18.4 Å². The molecular weight excluding hydrogens is 226 g/mol. The minimum absolute atomic E-state index is 0.243. The topological polar surface area (TPSA) is 30.8 Å². The van der Waals surface area contributed by atoms with Gasteiger partial charge in [-0.25, -0.2) is 4.99 Å². The van der Waals surface area contributed by atoms with E-state index in [9.17, 15) is 0 Å². The average Bonchev–Trinajstić information content (AvgIpc) is 2.67. The summed E-state index contributed by atoms with van der Waals surface area (Å²) in [6, 6.07) is 7.60. The Morgan fingerprint density at radius 2 is 2.19 bits per heavy atom. The minimum Gasteiger partial charge on any atom is -0.494 e. The van der Waals surface area contributed by atoms with E-state index in [-0.39, 0.29) is 6.04 Å². The molecule has 0 amide bonds. The quantitative estimate of drug-likeness (QED) is 0.809. The Morgan fingerprint density at radius 3 is 2.81 bits per heavy atom. The normalized spacial score (nSPS) is 19.1. The van der Waals surface area contributed by atoms with E-state index in [1.54, 1.807) is 0 Å². The number of hydrogen-bond donors (Lipinski definition) is 0. The number of rotatable bonds is 4. The Hall–Kier alpha value is -1.22. The third-order valence-electron chi connectivity index (χ3n) is 2.38. The van der Waals surface area contributed by atoms with Gasteiger partial charge in [-0.3, -0.25) is 0 Å². The highest BCUT2D eigenvalue weighted by molar-refractivity contribution is 6.30. The van der Waals surface area contributed by atoms with Crippen molar-refractivity contribution in [3.05, 3.63) is 29.3 Å². The molecule has 1 unspecified atom stereocenters.